The molecule has 2 rings (SSSR count). The number of nitro groups is 1. The van der Waals surface area contributed by atoms with Crippen molar-refractivity contribution < 1.29 is 27.3 Å². The SMILES string of the molecule is C[C@H](Sc1ccc(F)cc1)C(=O)Nc1ccc([N+](=O)[O-])cc1C(F)(F)F. The van der Waals surface area contributed by atoms with Crippen LogP contribution in [-0.2, 0) is 11.0 Å². The van der Waals surface area contributed by atoms with Crippen molar-refractivity contribution in [3.05, 3.63) is 64.0 Å². The van der Waals surface area contributed by atoms with Gasteiger partial charge in [-0.3, -0.25) is 14.9 Å². The van der Waals surface area contributed by atoms with Crippen molar-refractivity contribution in [2.75, 3.05) is 5.32 Å². The number of amides is 1. The number of hydrogen-bond acceptors (Lipinski definition) is 4. The first-order valence-corrected chi connectivity index (χ1v) is 8.04. The molecule has 1 atom stereocenters. The minimum atomic E-state index is -4.87. The maximum atomic E-state index is 13.1. The molecular weight excluding hydrogens is 376 g/mol. The highest BCUT2D eigenvalue weighted by atomic mass is 32.2. The van der Waals surface area contributed by atoms with Crippen molar-refractivity contribution in [1.29, 1.82) is 0 Å². The number of nitrogens with one attached hydrogen (secondary N) is 1. The van der Waals surface area contributed by atoms with Gasteiger partial charge in [-0.05, 0) is 37.3 Å². The van der Waals surface area contributed by atoms with E-state index in [0.29, 0.717) is 11.0 Å². The summed E-state index contributed by atoms with van der Waals surface area (Å²) in [6, 6.07) is 7.37. The van der Waals surface area contributed by atoms with Gasteiger partial charge in [-0.15, -0.1) is 11.8 Å². The summed E-state index contributed by atoms with van der Waals surface area (Å²) in [5.74, 6) is -1.18. The van der Waals surface area contributed by atoms with Crippen molar-refractivity contribution in [2.45, 2.75) is 23.2 Å². The first-order valence-electron chi connectivity index (χ1n) is 7.16. The molecule has 26 heavy (non-hydrogen) atoms. The van der Waals surface area contributed by atoms with Crippen LogP contribution in [-0.4, -0.2) is 16.1 Å². The number of alkyl halides is 3. The molecule has 1 amide bonds. The molecule has 0 spiro atoms. The third-order valence-corrected chi connectivity index (χ3v) is 4.38. The van der Waals surface area contributed by atoms with Crippen molar-refractivity contribution >= 4 is 29.0 Å². The maximum Gasteiger partial charge on any atom is 0.418 e. The molecule has 0 aromatic heterocycles. The Morgan fingerprint density at radius 2 is 1.81 bits per heavy atom. The summed E-state index contributed by atoms with van der Waals surface area (Å²) in [5.41, 5.74) is -2.61. The van der Waals surface area contributed by atoms with E-state index in [-0.39, 0.29) is 0 Å². The number of nitrogens with zero attached hydrogens (tertiary/aromatic N) is 1. The smallest absolute Gasteiger partial charge is 0.325 e. The summed E-state index contributed by atoms with van der Waals surface area (Å²) < 4.78 is 52.2. The van der Waals surface area contributed by atoms with Gasteiger partial charge in [-0.2, -0.15) is 13.2 Å². The van der Waals surface area contributed by atoms with Crippen LogP contribution in [0.3, 0.4) is 0 Å². The summed E-state index contributed by atoms with van der Waals surface area (Å²) in [7, 11) is 0. The molecule has 0 fully saturated rings. The highest BCUT2D eigenvalue weighted by molar-refractivity contribution is 8.00. The molecule has 0 saturated heterocycles. The first kappa shape index (κ1) is 19.7. The Balaban J connectivity index is 2.19. The van der Waals surface area contributed by atoms with E-state index in [4.69, 9.17) is 0 Å². The van der Waals surface area contributed by atoms with Crippen molar-refractivity contribution in [3.8, 4) is 0 Å². The van der Waals surface area contributed by atoms with Gasteiger partial charge in [0, 0.05) is 17.0 Å². The number of hydrogen-bond donors (Lipinski definition) is 1. The number of thioether (sulfide) groups is 1. The normalized spacial score (nSPS) is 12.5. The predicted molar refractivity (Wildman–Crippen MR) is 88.4 cm³/mol. The lowest BCUT2D eigenvalue weighted by atomic mass is 10.1. The molecule has 2 aromatic carbocycles. The van der Waals surface area contributed by atoms with E-state index in [1.54, 1.807) is 0 Å². The Hall–Kier alpha value is -2.62. The molecule has 138 valence electrons. The lowest BCUT2D eigenvalue weighted by Gasteiger charge is -2.16. The number of anilines is 1. The van der Waals surface area contributed by atoms with Crippen molar-refractivity contribution in [2.24, 2.45) is 0 Å². The Bertz CT molecular complexity index is 825. The molecule has 10 heteroatoms. The summed E-state index contributed by atoms with van der Waals surface area (Å²) in [5, 5.41) is 12.0. The summed E-state index contributed by atoms with van der Waals surface area (Å²) in [6.07, 6.45) is -4.87. The lowest BCUT2D eigenvalue weighted by Crippen LogP contribution is -2.24. The van der Waals surface area contributed by atoms with Crippen LogP contribution in [0.4, 0.5) is 28.9 Å². The van der Waals surface area contributed by atoms with Gasteiger partial charge in [0.05, 0.1) is 21.4 Å². The zero-order valence-corrected chi connectivity index (χ0v) is 14.0. The third kappa shape index (κ3) is 4.94. The zero-order valence-electron chi connectivity index (χ0n) is 13.2. The van der Waals surface area contributed by atoms with Gasteiger partial charge in [0.25, 0.3) is 5.69 Å². The summed E-state index contributed by atoms with van der Waals surface area (Å²) in [4.78, 5) is 22.5. The van der Waals surface area contributed by atoms with Crippen LogP contribution in [0.15, 0.2) is 47.4 Å². The molecule has 1 N–H and O–H groups in total. The quantitative estimate of drug-likeness (QED) is 0.343. The topological polar surface area (TPSA) is 72.2 Å². The van der Waals surface area contributed by atoms with E-state index in [0.717, 1.165) is 23.9 Å². The number of halogens is 4. The van der Waals surface area contributed by atoms with Crippen LogP contribution in [0.2, 0.25) is 0 Å². The minimum Gasteiger partial charge on any atom is -0.325 e. The Morgan fingerprint density at radius 3 is 2.35 bits per heavy atom. The fourth-order valence-electron chi connectivity index (χ4n) is 1.99. The molecule has 0 aliphatic heterocycles. The average Bonchev–Trinajstić information content (AvgIpc) is 2.56. The second-order valence-electron chi connectivity index (χ2n) is 5.19. The van der Waals surface area contributed by atoms with E-state index in [1.165, 1.54) is 31.2 Å². The van der Waals surface area contributed by atoms with Gasteiger partial charge in [0.2, 0.25) is 5.91 Å². The van der Waals surface area contributed by atoms with Gasteiger partial charge in [0.1, 0.15) is 5.82 Å². The Morgan fingerprint density at radius 1 is 1.19 bits per heavy atom. The van der Waals surface area contributed by atoms with E-state index >= 15 is 0 Å². The standard InChI is InChI=1S/C16H12F4N2O3S/c1-9(26-12-5-2-10(17)3-6-12)15(23)21-14-7-4-11(22(24)25)8-13(14)16(18,19)20/h2-9H,1H3,(H,21,23)/t9-/m0/s1. The van der Waals surface area contributed by atoms with Crippen molar-refractivity contribution in [3.63, 3.8) is 0 Å². The van der Waals surface area contributed by atoms with Crippen LogP contribution in [0.25, 0.3) is 0 Å². The third-order valence-electron chi connectivity index (χ3n) is 3.27. The zero-order chi connectivity index (χ0) is 19.5. The molecule has 0 unspecified atom stereocenters. The van der Waals surface area contributed by atoms with E-state index < -0.39 is 45.0 Å². The van der Waals surface area contributed by atoms with Gasteiger partial charge in [-0.25, -0.2) is 4.39 Å². The molecule has 5 nitrogen and oxygen atoms in total. The Labute approximate surface area is 149 Å². The van der Waals surface area contributed by atoms with Crippen LogP contribution in [0.5, 0.6) is 0 Å². The molecule has 0 aliphatic rings. The number of rotatable bonds is 5. The predicted octanol–water partition coefficient (Wildman–Crippen LogP) is 4.87. The Kier molecular flexibility index (Phi) is 5.86. The maximum absolute atomic E-state index is 13.1. The number of nitro benzene ring substituents is 1. The molecule has 0 saturated carbocycles. The second-order valence-corrected chi connectivity index (χ2v) is 6.60. The molecule has 2 aromatic rings. The van der Waals surface area contributed by atoms with Crippen molar-refractivity contribution in [1.82, 2.24) is 0 Å². The highest BCUT2D eigenvalue weighted by Crippen LogP contribution is 2.37. The summed E-state index contributed by atoms with van der Waals surface area (Å²) >= 11 is 1.03. The molecule has 0 radical (unpaired) electrons. The van der Waals surface area contributed by atoms with Crippen LogP contribution in [0, 0.1) is 15.9 Å². The van der Waals surface area contributed by atoms with E-state index in [2.05, 4.69) is 5.32 Å². The minimum absolute atomic E-state index is 0.368. The fraction of sp³-hybridized carbons (Fsp3) is 0.188. The van der Waals surface area contributed by atoms with Crippen LogP contribution < -0.4 is 5.32 Å². The first-order chi connectivity index (χ1) is 12.1. The highest BCUT2D eigenvalue weighted by Gasteiger charge is 2.36. The van der Waals surface area contributed by atoms with Gasteiger partial charge < -0.3 is 5.32 Å². The van der Waals surface area contributed by atoms with Gasteiger partial charge >= 0.3 is 6.18 Å². The van der Waals surface area contributed by atoms with Crippen LogP contribution in [0.1, 0.15) is 12.5 Å². The molecule has 0 bridgehead atoms. The fourth-order valence-corrected chi connectivity index (χ4v) is 2.86. The monoisotopic (exact) mass is 388 g/mol. The molecule has 0 aliphatic carbocycles. The lowest BCUT2D eigenvalue weighted by molar-refractivity contribution is -0.385. The van der Waals surface area contributed by atoms with E-state index in [9.17, 15) is 32.5 Å². The molecular formula is C16H12F4N2O3S. The van der Waals surface area contributed by atoms with Crippen LogP contribution >= 0.6 is 11.8 Å². The molecule has 0 heterocycles. The van der Waals surface area contributed by atoms with E-state index in [1.807, 2.05) is 0 Å². The number of carbonyl (C=O) groups excluding carboxylic acids is 1. The number of carbonyl (C=O) groups is 1. The second kappa shape index (κ2) is 7.73. The average molecular weight is 388 g/mol. The largest absolute Gasteiger partial charge is 0.418 e. The van der Waals surface area contributed by atoms with Gasteiger partial charge in [0.15, 0.2) is 0 Å². The number of non-ortho nitro benzene ring substituents is 1. The van der Waals surface area contributed by atoms with Gasteiger partial charge in [-0.1, -0.05) is 0 Å². The summed E-state index contributed by atoms with van der Waals surface area (Å²) in [6.45, 7) is 1.47. The number of benzene rings is 2.